The monoisotopic (exact) mass is 349 g/mol. The Morgan fingerprint density at radius 1 is 1.33 bits per heavy atom. The molecule has 1 aliphatic heterocycles. The second-order valence-corrected chi connectivity index (χ2v) is 6.25. The van der Waals surface area contributed by atoms with Gasteiger partial charge in [-0.1, -0.05) is 23.7 Å². The third-order valence-electron chi connectivity index (χ3n) is 4.08. The van der Waals surface area contributed by atoms with Crippen LogP contribution in [0, 0.1) is 13.8 Å². The molecule has 0 aliphatic carbocycles. The van der Waals surface area contributed by atoms with E-state index in [0.717, 1.165) is 23.4 Å². The normalized spacial score (nSPS) is 20.1. The van der Waals surface area contributed by atoms with Gasteiger partial charge in [-0.25, -0.2) is 9.78 Å². The van der Waals surface area contributed by atoms with Crippen LogP contribution in [0.4, 0.5) is 4.79 Å². The van der Waals surface area contributed by atoms with Crippen LogP contribution >= 0.6 is 11.6 Å². The van der Waals surface area contributed by atoms with E-state index in [1.807, 2.05) is 38.1 Å². The van der Waals surface area contributed by atoms with E-state index in [1.165, 1.54) is 0 Å². The Kier molecular flexibility index (Phi) is 5.06. The van der Waals surface area contributed by atoms with E-state index in [1.54, 1.807) is 0 Å². The Bertz CT molecular complexity index is 695. The molecule has 0 radical (unpaired) electrons. The maximum Gasteiger partial charge on any atom is 0.315 e. The van der Waals surface area contributed by atoms with Gasteiger partial charge in [-0.15, -0.1) is 0 Å². The minimum absolute atomic E-state index is 0.0841. The van der Waals surface area contributed by atoms with Crippen molar-refractivity contribution in [1.29, 1.82) is 0 Å². The second-order valence-electron chi connectivity index (χ2n) is 5.81. The first-order valence-corrected chi connectivity index (χ1v) is 8.25. The van der Waals surface area contributed by atoms with Crippen LogP contribution in [0.15, 0.2) is 28.7 Å². The number of aromatic nitrogens is 1. The number of ether oxygens (including phenoxy) is 1. The first-order valence-electron chi connectivity index (χ1n) is 7.87. The third kappa shape index (κ3) is 3.88. The summed E-state index contributed by atoms with van der Waals surface area (Å²) in [6, 6.07) is 7.13. The number of benzene rings is 1. The van der Waals surface area contributed by atoms with E-state index < -0.39 is 0 Å². The molecule has 6 nitrogen and oxygen atoms in total. The number of halogens is 1. The Hall–Kier alpha value is -2.05. The molecule has 1 aromatic heterocycles. The molecule has 2 N–H and O–H groups in total. The van der Waals surface area contributed by atoms with Crippen molar-refractivity contribution in [1.82, 2.24) is 15.6 Å². The maximum absolute atomic E-state index is 12.1. The molecule has 0 spiro atoms. The van der Waals surface area contributed by atoms with Crippen molar-refractivity contribution in [2.75, 3.05) is 6.61 Å². The molecule has 1 fully saturated rings. The van der Waals surface area contributed by atoms with Crippen LogP contribution in [0.2, 0.25) is 5.02 Å². The van der Waals surface area contributed by atoms with E-state index >= 15 is 0 Å². The minimum atomic E-state index is -0.266. The van der Waals surface area contributed by atoms with Crippen molar-refractivity contribution in [3.8, 4) is 0 Å². The van der Waals surface area contributed by atoms with Crippen molar-refractivity contribution < 1.29 is 13.9 Å². The summed E-state index contributed by atoms with van der Waals surface area (Å²) in [6.45, 7) is 4.57. The van der Waals surface area contributed by atoms with E-state index in [-0.39, 0.29) is 24.7 Å². The molecule has 3 rings (SSSR count). The van der Waals surface area contributed by atoms with Gasteiger partial charge in [0.2, 0.25) is 5.89 Å². The summed E-state index contributed by atoms with van der Waals surface area (Å²) in [4.78, 5) is 16.4. The molecule has 24 heavy (non-hydrogen) atoms. The predicted molar refractivity (Wildman–Crippen MR) is 89.9 cm³/mol. The molecule has 1 aliphatic rings. The lowest BCUT2D eigenvalue weighted by Gasteiger charge is -2.20. The number of hydrogen-bond donors (Lipinski definition) is 2. The van der Waals surface area contributed by atoms with Gasteiger partial charge in [0.05, 0.1) is 18.3 Å². The number of amides is 2. The average Bonchev–Trinajstić information content (AvgIpc) is 3.13. The van der Waals surface area contributed by atoms with Crippen molar-refractivity contribution in [3.05, 3.63) is 52.2 Å². The van der Waals surface area contributed by atoms with Crippen molar-refractivity contribution in [3.63, 3.8) is 0 Å². The molecule has 2 atom stereocenters. The molecular weight excluding hydrogens is 330 g/mol. The number of aryl methyl sites for hydroxylation is 2. The summed E-state index contributed by atoms with van der Waals surface area (Å²) < 4.78 is 11.2. The van der Waals surface area contributed by atoms with E-state index in [2.05, 4.69) is 15.6 Å². The van der Waals surface area contributed by atoms with Gasteiger partial charge in [-0.05, 0) is 38.0 Å². The van der Waals surface area contributed by atoms with E-state index in [4.69, 9.17) is 20.8 Å². The van der Waals surface area contributed by atoms with E-state index in [0.29, 0.717) is 17.5 Å². The van der Waals surface area contributed by atoms with Crippen LogP contribution < -0.4 is 10.6 Å². The van der Waals surface area contributed by atoms with Crippen LogP contribution in [-0.2, 0) is 11.3 Å². The van der Waals surface area contributed by atoms with Gasteiger partial charge < -0.3 is 19.8 Å². The van der Waals surface area contributed by atoms with Crippen LogP contribution in [-0.4, -0.2) is 23.7 Å². The lowest BCUT2D eigenvalue weighted by molar-refractivity contribution is 0.0999. The molecule has 2 heterocycles. The zero-order valence-electron chi connectivity index (χ0n) is 13.6. The molecule has 7 heteroatoms. The lowest BCUT2D eigenvalue weighted by Crippen LogP contribution is -2.43. The maximum atomic E-state index is 12.1. The summed E-state index contributed by atoms with van der Waals surface area (Å²) in [5.74, 6) is 1.26. The highest BCUT2D eigenvalue weighted by Gasteiger charge is 2.30. The Labute approximate surface area is 145 Å². The minimum Gasteiger partial charge on any atom is -0.444 e. The van der Waals surface area contributed by atoms with Gasteiger partial charge in [-0.2, -0.15) is 0 Å². The topological polar surface area (TPSA) is 76.4 Å². The quantitative estimate of drug-likeness (QED) is 0.888. The van der Waals surface area contributed by atoms with Crippen LogP contribution in [0.25, 0.3) is 0 Å². The van der Waals surface area contributed by atoms with Gasteiger partial charge in [0.15, 0.2) is 0 Å². The fourth-order valence-corrected chi connectivity index (χ4v) is 2.83. The SMILES string of the molecule is Cc1nc(CNC(=O)N[C@H]2CCO[C@H]2c2ccc(Cl)cc2)oc1C. The Morgan fingerprint density at radius 3 is 2.75 bits per heavy atom. The molecule has 2 aromatic rings. The zero-order chi connectivity index (χ0) is 17.1. The molecule has 0 saturated carbocycles. The zero-order valence-corrected chi connectivity index (χ0v) is 14.4. The first kappa shape index (κ1) is 16.8. The number of rotatable bonds is 4. The standard InChI is InChI=1S/C17H20ClN3O3/c1-10-11(2)24-15(20-10)9-19-17(22)21-14-7-8-23-16(14)12-3-5-13(18)6-4-12/h3-6,14,16H,7-9H2,1-2H3,(H2,19,21,22)/t14-,16-/m0/s1. The number of carbonyl (C=O) groups excluding carboxylic acids is 1. The van der Waals surface area contributed by atoms with Crippen molar-refractivity contribution in [2.45, 2.75) is 39.0 Å². The fourth-order valence-electron chi connectivity index (χ4n) is 2.71. The third-order valence-corrected chi connectivity index (χ3v) is 4.33. The average molecular weight is 350 g/mol. The van der Waals surface area contributed by atoms with Crippen molar-refractivity contribution in [2.24, 2.45) is 0 Å². The largest absolute Gasteiger partial charge is 0.444 e. The smallest absolute Gasteiger partial charge is 0.315 e. The second kappa shape index (κ2) is 7.23. The number of urea groups is 1. The van der Waals surface area contributed by atoms with Crippen LogP contribution in [0.5, 0.6) is 0 Å². The number of nitrogens with one attached hydrogen (secondary N) is 2. The van der Waals surface area contributed by atoms with Gasteiger partial charge in [0.1, 0.15) is 11.9 Å². The molecule has 128 valence electrons. The Balaban J connectivity index is 1.55. The first-order chi connectivity index (χ1) is 11.5. The van der Waals surface area contributed by atoms with Gasteiger partial charge in [0, 0.05) is 11.6 Å². The molecular formula is C17H20ClN3O3. The number of carbonyl (C=O) groups is 1. The summed E-state index contributed by atoms with van der Waals surface area (Å²) in [6.07, 6.45) is 0.594. The predicted octanol–water partition coefficient (Wildman–Crippen LogP) is 3.27. The summed E-state index contributed by atoms with van der Waals surface area (Å²) >= 11 is 5.92. The van der Waals surface area contributed by atoms with Gasteiger partial charge in [-0.3, -0.25) is 0 Å². The molecule has 1 aromatic carbocycles. The Morgan fingerprint density at radius 2 is 2.08 bits per heavy atom. The number of nitrogens with zero attached hydrogens (tertiary/aromatic N) is 1. The summed E-state index contributed by atoms with van der Waals surface area (Å²) in [5, 5.41) is 6.40. The van der Waals surface area contributed by atoms with Gasteiger partial charge in [0.25, 0.3) is 0 Å². The highest BCUT2D eigenvalue weighted by Crippen LogP contribution is 2.29. The molecule has 0 unspecified atom stereocenters. The van der Waals surface area contributed by atoms with Gasteiger partial charge >= 0.3 is 6.03 Å². The summed E-state index contributed by atoms with van der Waals surface area (Å²) in [5.41, 5.74) is 1.83. The summed E-state index contributed by atoms with van der Waals surface area (Å²) in [7, 11) is 0. The van der Waals surface area contributed by atoms with Crippen LogP contribution in [0.3, 0.4) is 0 Å². The fraction of sp³-hybridized carbons (Fsp3) is 0.412. The highest BCUT2D eigenvalue weighted by molar-refractivity contribution is 6.30. The van der Waals surface area contributed by atoms with Crippen LogP contribution in [0.1, 0.15) is 35.4 Å². The number of hydrogen-bond acceptors (Lipinski definition) is 4. The van der Waals surface area contributed by atoms with E-state index in [9.17, 15) is 4.79 Å². The molecule has 0 bridgehead atoms. The molecule has 2 amide bonds. The van der Waals surface area contributed by atoms with Crippen molar-refractivity contribution >= 4 is 17.6 Å². The number of oxazole rings is 1. The molecule has 1 saturated heterocycles. The lowest BCUT2D eigenvalue weighted by atomic mass is 10.0. The highest BCUT2D eigenvalue weighted by atomic mass is 35.5.